The Balaban J connectivity index is 2.52. The largest absolute Gasteiger partial charge is 0.494 e. The van der Waals surface area contributed by atoms with Gasteiger partial charge < -0.3 is 10.1 Å². The van der Waals surface area contributed by atoms with Crippen LogP contribution in [0.1, 0.15) is 17.2 Å². The molecule has 0 amide bonds. The number of halogens is 3. The molecule has 0 bridgehead atoms. The van der Waals surface area contributed by atoms with Crippen LogP contribution in [0.5, 0.6) is 5.75 Å². The van der Waals surface area contributed by atoms with Crippen molar-refractivity contribution in [2.24, 2.45) is 0 Å². The molecule has 0 aliphatic carbocycles. The number of benzene rings is 2. The lowest BCUT2D eigenvalue weighted by Crippen LogP contribution is -2.19. The highest BCUT2D eigenvalue weighted by Gasteiger charge is 2.20. The molecule has 0 aromatic heterocycles. The number of methoxy groups -OCH3 is 1. The van der Waals surface area contributed by atoms with Crippen LogP contribution in [0.4, 0.5) is 4.39 Å². The summed E-state index contributed by atoms with van der Waals surface area (Å²) < 4.78 is 19.4. The normalized spacial score (nSPS) is 12.2. The third-order valence-corrected chi connectivity index (χ3v) is 3.65. The van der Waals surface area contributed by atoms with Gasteiger partial charge in [-0.1, -0.05) is 41.4 Å². The maximum Gasteiger partial charge on any atom is 0.170 e. The number of ether oxygens (including phenoxy) is 1. The SMILES string of the molecule is CNC(c1ccc(Cl)cc1Cl)c1cccc(OC)c1F. The minimum atomic E-state index is -0.402. The van der Waals surface area contributed by atoms with Gasteiger partial charge in [-0.3, -0.25) is 0 Å². The van der Waals surface area contributed by atoms with Gasteiger partial charge in [-0.25, -0.2) is 4.39 Å². The first kappa shape index (κ1) is 15.1. The third-order valence-electron chi connectivity index (χ3n) is 3.09. The van der Waals surface area contributed by atoms with E-state index in [-0.39, 0.29) is 11.8 Å². The monoisotopic (exact) mass is 313 g/mol. The molecule has 5 heteroatoms. The van der Waals surface area contributed by atoms with Crippen molar-refractivity contribution >= 4 is 23.2 Å². The average molecular weight is 314 g/mol. The van der Waals surface area contributed by atoms with Gasteiger partial charge >= 0.3 is 0 Å². The van der Waals surface area contributed by atoms with Gasteiger partial charge in [-0.05, 0) is 30.8 Å². The molecule has 0 radical (unpaired) electrons. The summed E-state index contributed by atoms with van der Waals surface area (Å²) in [4.78, 5) is 0. The minimum absolute atomic E-state index is 0.202. The minimum Gasteiger partial charge on any atom is -0.494 e. The summed E-state index contributed by atoms with van der Waals surface area (Å²) in [7, 11) is 3.18. The molecule has 2 rings (SSSR count). The van der Waals surface area contributed by atoms with Crippen LogP contribution in [0.25, 0.3) is 0 Å². The maximum absolute atomic E-state index is 14.4. The van der Waals surface area contributed by atoms with Crippen molar-refractivity contribution in [1.82, 2.24) is 5.32 Å². The summed E-state index contributed by atoms with van der Waals surface area (Å²) in [6.07, 6.45) is 0. The van der Waals surface area contributed by atoms with Crippen molar-refractivity contribution in [2.75, 3.05) is 14.2 Å². The Kier molecular flexibility index (Phi) is 4.86. The number of rotatable bonds is 4. The summed E-state index contributed by atoms with van der Waals surface area (Å²) in [5, 5.41) is 4.09. The lowest BCUT2D eigenvalue weighted by molar-refractivity contribution is 0.382. The second-order valence-corrected chi connectivity index (χ2v) is 5.09. The van der Waals surface area contributed by atoms with Gasteiger partial charge in [0, 0.05) is 15.6 Å². The molecule has 0 aliphatic rings. The molecule has 0 saturated heterocycles. The molecule has 1 unspecified atom stereocenters. The Hall–Kier alpha value is -1.29. The number of hydrogen-bond donors (Lipinski definition) is 1. The highest BCUT2D eigenvalue weighted by atomic mass is 35.5. The van der Waals surface area contributed by atoms with E-state index in [1.807, 2.05) is 0 Å². The van der Waals surface area contributed by atoms with Gasteiger partial charge in [0.25, 0.3) is 0 Å². The van der Waals surface area contributed by atoms with E-state index in [9.17, 15) is 4.39 Å². The van der Waals surface area contributed by atoms with E-state index in [4.69, 9.17) is 27.9 Å². The fraction of sp³-hybridized carbons (Fsp3) is 0.200. The molecule has 2 nitrogen and oxygen atoms in total. The number of hydrogen-bond acceptors (Lipinski definition) is 2. The summed E-state index contributed by atoms with van der Waals surface area (Å²) in [6, 6.07) is 9.79. The van der Waals surface area contributed by atoms with E-state index >= 15 is 0 Å². The molecule has 20 heavy (non-hydrogen) atoms. The van der Waals surface area contributed by atoms with Crippen LogP contribution in [-0.4, -0.2) is 14.2 Å². The summed E-state index contributed by atoms with van der Waals surface area (Å²) in [5.74, 6) is -0.201. The summed E-state index contributed by atoms with van der Waals surface area (Å²) in [5.41, 5.74) is 1.22. The fourth-order valence-corrected chi connectivity index (χ4v) is 2.64. The van der Waals surface area contributed by atoms with Crippen LogP contribution >= 0.6 is 23.2 Å². The van der Waals surface area contributed by atoms with Crippen LogP contribution in [0.15, 0.2) is 36.4 Å². The van der Waals surface area contributed by atoms with Gasteiger partial charge in [-0.2, -0.15) is 0 Å². The van der Waals surface area contributed by atoms with E-state index in [0.717, 1.165) is 5.56 Å². The van der Waals surface area contributed by atoms with E-state index in [0.29, 0.717) is 15.6 Å². The van der Waals surface area contributed by atoms with Gasteiger partial charge in [0.2, 0.25) is 0 Å². The smallest absolute Gasteiger partial charge is 0.170 e. The van der Waals surface area contributed by atoms with Gasteiger partial charge in [0.1, 0.15) is 0 Å². The van der Waals surface area contributed by atoms with Crippen molar-refractivity contribution < 1.29 is 9.13 Å². The average Bonchev–Trinajstić information content (AvgIpc) is 2.43. The van der Waals surface area contributed by atoms with Crippen LogP contribution in [0.2, 0.25) is 10.0 Å². The van der Waals surface area contributed by atoms with Crippen molar-refractivity contribution in [1.29, 1.82) is 0 Å². The highest BCUT2D eigenvalue weighted by molar-refractivity contribution is 6.35. The zero-order valence-corrected chi connectivity index (χ0v) is 12.6. The Morgan fingerprint density at radius 2 is 1.90 bits per heavy atom. The topological polar surface area (TPSA) is 21.3 Å². The van der Waals surface area contributed by atoms with E-state index in [1.165, 1.54) is 7.11 Å². The quantitative estimate of drug-likeness (QED) is 0.900. The highest BCUT2D eigenvalue weighted by Crippen LogP contribution is 2.33. The van der Waals surface area contributed by atoms with Gasteiger partial charge in [0.15, 0.2) is 11.6 Å². The molecular formula is C15H14Cl2FNO. The number of nitrogens with one attached hydrogen (secondary N) is 1. The van der Waals surface area contributed by atoms with E-state index in [2.05, 4.69) is 5.32 Å². The van der Waals surface area contributed by atoms with Crippen LogP contribution in [0.3, 0.4) is 0 Å². The summed E-state index contributed by atoms with van der Waals surface area (Å²) in [6.45, 7) is 0. The van der Waals surface area contributed by atoms with Crippen LogP contribution in [-0.2, 0) is 0 Å². The van der Waals surface area contributed by atoms with Crippen molar-refractivity contribution in [3.05, 3.63) is 63.4 Å². The first-order chi connectivity index (χ1) is 9.58. The van der Waals surface area contributed by atoms with Crippen molar-refractivity contribution in [2.45, 2.75) is 6.04 Å². The Morgan fingerprint density at radius 3 is 2.50 bits per heavy atom. The van der Waals surface area contributed by atoms with Gasteiger partial charge in [0.05, 0.1) is 13.2 Å². The first-order valence-electron chi connectivity index (χ1n) is 6.03. The zero-order valence-electron chi connectivity index (χ0n) is 11.1. The molecule has 0 saturated carbocycles. The molecule has 0 heterocycles. The third kappa shape index (κ3) is 2.90. The Morgan fingerprint density at radius 1 is 1.15 bits per heavy atom. The Labute approximate surface area is 127 Å². The standard InChI is InChI=1S/C15H14Cl2FNO/c1-19-15(10-7-6-9(16)8-12(10)17)11-4-3-5-13(20-2)14(11)18/h3-8,15,19H,1-2H3. The van der Waals surface area contributed by atoms with E-state index < -0.39 is 5.82 Å². The first-order valence-corrected chi connectivity index (χ1v) is 6.78. The summed E-state index contributed by atoms with van der Waals surface area (Å²) >= 11 is 12.1. The molecule has 0 aliphatic heterocycles. The van der Waals surface area contributed by atoms with E-state index in [1.54, 1.807) is 43.4 Å². The molecule has 1 atom stereocenters. The van der Waals surface area contributed by atoms with Crippen LogP contribution in [0, 0.1) is 5.82 Å². The van der Waals surface area contributed by atoms with Crippen LogP contribution < -0.4 is 10.1 Å². The fourth-order valence-electron chi connectivity index (χ4n) is 2.12. The molecule has 2 aromatic carbocycles. The molecule has 0 spiro atoms. The zero-order chi connectivity index (χ0) is 14.7. The second-order valence-electron chi connectivity index (χ2n) is 4.25. The molecule has 2 aromatic rings. The van der Waals surface area contributed by atoms with Crippen molar-refractivity contribution in [3.63, 3.8) is 0 Å². The second kappa shape index (κ2) is 6.44. The predicted molar refractivity (Wildman–Crippen MR) is 80.3 cm³/mol. The molecule has 0 fully saturated rings. The molecule has 106 valence electrons. The lowest BCUT2D eigenvalue weighted by atomic mass is 9.98. The molecule has 1 N–H and O–H groups in total. The van der Waals surface area contributed by atoms with Gasteiger partial charge in [-0.15, -0.1) is 0 Å². The van der Waals surface area contributed by atoms with Crippen molar-refractivity contribution in [3.8, 4) is 5.75 Å². The maximum atomic E-state index is 14.4. The lowest BCUT2D eigenvalue weighted by Gasteiger charge is -2.20. The molecular weight excluding hydrogens is 300 g/mol. The Bertz CT molecular complexity index is 619. The predicted octanol–water partition coefficient (Wildman–Crippen LogP) is 4.45.